The molecule has 0 saturated carbocycles. The molecular weight excluding hydrogens is 273 g/mol. The summed E-state index contributed by atoms with van der Waals surface area (Å²) in [6, 6.07) is 4.69. The Morgan fingerprint density at radius 1 is 1.50 bits per heavy atom. The lowest BCUT2D eigenvalue weighted by molar-refractivity contribution is 0.0804. The van der Waals surface area contributed by atoms with Gasteiger partial charge in [-0.15, -0.1) is 11.3 Å². The minimum Gasteiger partial charge on any atom is -0.316 e. The van der Waals surface area contributed by atoms with E-state index in [-0.39, 0.29) is 17.0 Å². The first kappa shape index (κ1) is 13.7. The maximum Gasteiger partial charge on any atom is 0.171 e. The predicted octanol–water partition coefficient (Wildman–Crippen LogP) is 4.00. The van der Waals surface area contributed by atoms with Crippen molar-refractivity contribution < 1.29 is 9.18 Å². The molecule has 106 valence electrons. The van der Waals surface area contributed by atoms with Crippen molar-refractivity contribution in [1.29, 1.82) is 0 Å². The number of carbonyl (C=O) groups excluding carboxylic acids is 1. The molecule has 2 nitrogen and oxygen atoms in total. The van der Waals surface area contributed by atoms with Crippen LogP contribution in [0.1, 0.15) is 36.5 Å². The molecule has 1 unspecified atom stereocenters. The lowest BCUT2D eigenvalue weighted by Crippen LogP contribution is -2.33. The highest BCUT2D eigenvalue weighted by molar-refractivity contribution is 7.17. The zero-order valence-corrected chi connectivity index (χ0v) is 12.4. The van der Waals surface area contributed by atoms with E-state index in [1.807, 2.05) is 5.38 Å². The average Bonchev–Trinajstić information content (AvgIpc) is 3.05. The van der Waals surface area contributed by atoms with E-state index in [4.69, 9.17) is 0 Å². The fourth-order valence-electron chi connectivity index (χ4n) is 3.21. The second-order valence-electron chi connectivity index (χ2n) is 5.58. The summed E-state index contributed by atoms with van der Waals surface area (Å²) in [4.78, 5) is 13.0. The number of hydrogen-bond acceptors (Lipinski definition) is 3. The number of ketones is 1. The van der Waals surface area contributed by atoms with Crippen LogP contribution in [-0.2, 0) is 0 Å². The van der Waals surface area contributed by atoms with E-state index in [0.29, 0.717) is 5.56 Å². The van der Waals surface area contributed by atoms with Gasteiger partial charge in [0, 0.05) is 33.0 Å². The summed E-state index contributed by atoms with van der Waals surface area (Å²) in [5, 5.41) is 5.97. The van der Waals surface area contributed by atoms with Gasteiger partial charge >= 0.3 is 0 Å². The van der Waals surface area contributed by atoms with Crippen molar-refractivity contribution in [1.82, 2.24) is 5.32 Å². The molecule has 1 aromatic heterocycles. The molecule has 4 heteroatoms. The lowest BCUT2D eigenvalue weighted by atomic mass is 9.76. The molecule has 2 heterocycles. The van der Waals surface area contributed by atoms with Crippen molar-refractivity contribution in [3.63, 3.8) is 0 Å². The maximum absolute atomic E-state index is 13.5. The quantitative estimate of drug-likeness (QED) is 0.863. The zero-order valence-electron chi connectivity index (χ0n) is 11.5. The van der Waals surface area contributed by atoms with Gasteiger partial charge in [-0.3, -0.25) is 4.79 Å². The summed E-state index contributed by atoms with van der Waals surface area (Å²) in [5.74, 6) is -0.0970. The van der Waals surface area contributed by atoms with Gasteiger partial charge in [0.05, 0.1) is 0 Å². The van der Waals surface area contributed by atoms with Crippen molar-refractivity contribution in [2.24, 2.45) is 5.41 Å². The molecule has 0 aliphatic carbocycles. The second-order valence-corrected chi connectivity index (χ2v) is 6.49. The number of hydrogen-bond donors (Lipinski definition) is 1. The largest absolute Gasteiger partial charge is 0.316 e. The van der Waals surface area contributed by atoms with Gasteiger partial charge in [0.2, 0.25) is 0 Å². The van der Waals surface area contributed by atoms with Crippen molar-refractivity contribution in [2.45, 2.75) is 26.2 Å². The van der Waals surface area contributed by atoms with Crippen LogP contribution in [0, 0.1) is 11.2 Å². The Hall–Kier alpha value is -1.26. The van der Waals surface area contributed by atoms with Crippen LogP contribution in [0.15, 0.2) is 23.6 Å². The lowest BCUT2D eigenvalue weighted by Gasteiger charge is -2.25. The number of thiophene rings is 1. The van der Waals surface area contributed by atoms with E-state index in [1.165, 1.54) is 23.5 Å². The number of carbonyl (C=O) groups is 1. The molecule has 1 N–H and O–H groups in total. The summed E-state index contributed by atoms with van der Waals surface area (Å²) >= 11 is 1.52. The summed E-state index contributed by atoms with van der Waals surface area (Å²) in [6.45, 7) is 3.74. The zero-order chi connectivity index (χ0) is 14.2. The highest BCUT2D eigenvalue weighted by atomic mass is 32.1. The van der Waals surface area contributed by atoms with Gasteiger partial charge in [0.25, 0.3) is 0 Å². The third kappa shape index (κ3) is 2.17. The SMILES string of the molecule is CCCC1(C(=O)c2csc3ccc(F)cc23)CCNC1. The average molecular weight is 291 g/mol. The molecule has 3 rings (SSSR count). The second kappa shape index (κ2) is 5.26. The van der Waals surface area contributed by atoms with E-state index in [9.17, 15) is 9.18 Å². The molecule has 20 heavy (non-hydrogen) atoms. The first-order valence-electron chi connectivity index (χ1n) is 7.08. The molecule has 1 aromatic carbocycles. The van der Waals surface area contributed by atoms with E-state index < -0.39 is 0 Å². The van der Waals surface area contributed by atoms with E-state index >= 15 is 0 Å². The Morgan fingerprint density at radius 3 is 3.05 bits per heavy atom. The summed E-state index contributed by atoms with van der Waals surface area (Å²) in [5.41, 5.74) is 0.399. The fourth-order valence-corrected chi connectivity index (χ4v) is 4.13. The number of fused-ring (bicyclic) bond motifs is 1. The molecular formula is C16H18FNOS. The van der Waals surface area contributed by atoms with E-state index in [2.05, 4.69) is 12.2 Å². The van der Waals surface area contributed by atoms with Crippen molar-refractivity contribution >= 4 is 27.2 Å². The van der Waals surface area contributed by atoms with Crippen LogP contribution in [0.25, 0.3) is 10.1 Å². The molecule has 1 aliphatic rings. The van der Waals surface area contributed by atoms with Gasteiger partial charge in [-0.1, -0.05) is 13.3 Å². The Bertz CT molecular complexity index is 643. The van der Waals surface area contributed by atoms with Gasteiger partial charge < -0.3 is 5.32 Å². The maximum atomic E-state index is 13.5. The number of benzene rings is 1. The Balaban J connectivity index is 2.05. The first-order valence-corrected chi connectivity index (χ1v) is 7.96. The van der Waals surface area contributed by atoms with Crippen LogP contribution in [0.5, 0.6) is 0 Å². The van der Waals surface area contributed by atoms with Crippen molar-refractivity contribution in [2.75, 3.05) is 13.1 Å². The highest BCUT2D eigenvalue weighted by Crippen LogP contribution is 2.38. The van der Waals surface area contributed by atoms with E-state index in [1.54, 1.807) is 6.07 Å². The predicted molar refractivity (Wildman–Crippen MR) is 80.9 cm³/mol. The molecule has 0 bridgehead atoms. The van der Waals surface area contributed by atoms with Crippen LogP contribution in [-0.4, -0.2) is 18.9 Å². The van der Waals surface area contributed by atoms with Crippen LogP contribution >= 0.6 is 11.3 Å². The van der Waals surface area contributed by atoms with Crippen molar-refractivity contribution in [3.05, 3.63) is 35.0 Å². The molecule has 1 saturated heterocycles. The van der Waals surface area contributed by atoms with Gasteiger partial charge in [0.15, 0.2) is 5.78 Å². The third-order valence-electron chi connectivity index (χ3n) is 4.23. The molecule has 2 aromatic rings. The van der Waals surface area contributed by atoms with Gasteiger partial charge in [-0.25, -0.2) is 4.39 Å². The number of Topliss-reactive ketones (excluding diaryl/α,β-unsaturated/α-hetero) is 1. The minimum atomic E-state index is -0.297. The Morgan fingerprint density at radius 2 is 2.35 bits per heavy atom. The van der Waals surface area contributed by atoms with Crippen molar-refractivity contribution in [3.8, 4) is 0 Å². The normalized spacial score (nSPS) is 22.5. The summed E-state index contributed by atoms with van der Waals surface area (Å²) in [6.07, 6.45) is 2.77. The van der Waals surface area contributed by atoms with Crippen LogP contribution in [0.3, 0.4) is 0 Å². The van der Waals surface area contributed by atoms with Gasteiger partial charge in [-0.2, -0.15) is 0 Å². The Labute approximate surface area is 122 Å². The monoisotopic (exact) mass is 291 g/mol. The van der Waals surface area contributed by atoms with Crippen LogP contribution < -0.4 is 5.32 Å². The molecule has 0 spiro atoms. The number of rotatable bonds is 4. The number of halogens is 1. The van der Waals surface area contributed by atoms with Crippen LogP contribution in [0.4, 0.5) is 4.39 Å². The summed E-state index contributed by atoms with van der Waals surface area (Å²) < 4.78 is 14.4. The molecule has 0 radical (unpaired) electrons. The fraction of sp³-hybridized carbons (Fsp3) is 0.438. The summed E-state index contributed by atoms with van der Waals surface area (Å²) in [7, 11) is 0. The standard InChI is InChI=1S/C16H18FNOS/c1-2-5-16(6-7-18-10-16)15(19)13-9-20-14-4-3-11(17)8-12(13)14/h3-4,8-9,18H,2,5-7,10H2,1H3. The Kier molecular flexibility index (Phi) is 3.61. The topological polar surface area (TPSA) is 29.1 Å². The van der Waals surface area contributed by atoms with E-state index in [0.717, 1.165) is 42.4 Å². The minimum absolute atomic E-state index is 0.182. The third-order valence-corrected chi connectivity index (χ3v) is 5.20. The molecule has 1 atom stereocenters. The number of nitrogens with one attached hydrogen (secondary N) is 1. The smallest absolute Gasteiger partial charge is 0.171 e. The van der Waals surface area contributed by atoms with Gasteiger partial charge in [0.1, 0.15) is 5.82 Å². The highest BCUT2D eigenvalue weighted by Gasteiger charge is 2.41. The van der Waals surface area contributed by atoms with Crippen LogP contribution in [0.2, 0.25) is 0 Å². The van der Waals surface area contributed by atoms with Gasteiger partial charge in [-0.05, 0) is 37.6 Å². The molecule has 1 fully saturated rings. The molecule has 1 aliphatic heterocycles. The first-order chi connectivity index (χ1) is 9.66. The molecule has 0 amide bonds.